The summed E-state index contributed by atoms with van der Waals surface area (Å²) in [4.78, 5) is 11.3. The van der Waals surface area contributed by atoms with Gasteiger partial charge in [-0.05, 0) is 36.7 Å². The second-order valence-corrected chi connectivity index (χ2v) is 3.90. The van der Waals surface area contributed by atoms with Crippen LogP contribution in [-0.4, -0.2) is 11.0 Å². The van der Waals surface area contributed by atoms with Gasteiger partial charge in [0.1, 0.15) is 0 Å². The highest BCUT2D eigenvalue weighted by molar-refractivity contribution is 7.80. The molecule has 0 spiro atoms. The average molecular weight is 237 g/mol. The molecule has 0 fully saturated rings. The normalized spacial score (nSPS) is 9.56. The SMILES string of the molecule is Cc1ccccc1CCC(=O)NNC(N)=S. The van der Waals surface area contributed by atoms with E-state index in [9.17, 15) is 4.79 Å². The summed E-state index contributed by atoms with van der Waals surface area (Å²) < 4.78 is 0. The molecular formula is C11H15N3OS. The number of amides is 1. The van der Waals surface area contributed by atoms with Gasteiger partial charge in [0.05, 0.1) is 0 Å². The minimum atomic E-state index is -0.129. The third-order valence-electron chi connectivity index (χ3n) is 2.21. The van der Waals surface area contributed by atoms with E-state index >= 15 is 0 Å². The van der Waals surface area contributed by atoms with Gasteiger partial charge in [-0.15, -0.1) is 0 Å². The number of hydrazine groups is 1. The van der Waals surface area contributed by atoms with Crippen molar-refractivity contribution < 1.29 is 4.79 Å². The maximum absolute atomic E-state index is 11.3. The number of nitrogens with one attached hydrogen (secondary N) is 2. The molecule has 1 rings (SSSR count). The number of hydrogen-bond acceptors (Lipinski definition) is 2. The van der Waals surface area contributed by atoms with Crippen molar-refractivity contribution in [2.24, 2.45) is 5.73 Å². The van der Waals surface area contributed by atoms with Gasteiger partial charge < -0.3 is 5.73 Å². The molecule has 1 aromatic carbocycles. The van der Waals surface area contributed by atoms with E-state index in [1.165, 1.54) is 11.1 Å². The summed E-state index contributed by atoms with van der Waals surface area (Å²) in [6.07, 6.45) is 1.11. The standard InChI is InChI=1S/C11H15N3OS/c1-8-4-2-3-5-9(8)6-7-10(15)13-14-11(12)16/h2-5H,6-7H2,1H3,(H,13,15)(H3,12,14,16). The lowest BCUT2D eigenvalue weighted by molar-refractivity contribution is -0.121. The number of hydrogen-bond donors (Lipinski definition) is 3. The number of carbonyl (C=O) groups excluding carboxylic acids is 1. The minimum absolute atomic E-state index is 0.0595. The van der Waals surface area contributed by atoms with Gasteiger partial charge in [-0.25, -0.2) is 0 Å². The van der Waals surface area contributed by atoms with Crippen molar-refractivity contribution >= 4 is 23.2 Å². The number of thiocarbonyl (C=S) groups is 1. The van der Waals surface area contributed by atoms with E-state index in [1.807, 2.05) is 31.2 Å². The van der Waals surface area contributed by atoms with Crippen LogP contribution in [0.3, 0.4) is 0 Å². The predicted octanol–water partition coefficient (Wildman–Crippen LogP) is 0.792. The Morgan fingerprint density at radius 2 is 2.06 bits per heavy atom. The third-order valence-corrected chi connectivity index (χ3v) is 2.31. The van der Waals surface area contributed by atoms with Crippen molar-refractivity contribution in [3.63, 3.8) is 0 Å². The molecule has 0 aliphatic rings. The van der Waals surface area contributed by atoms with Gasteiger partial charge in [0.25, 0.3) is 0 Å². The molecule has 86 valence electrons. The third kappa shape index (κ3) is 4.27. The van der Waals surface area contributed by atoms with E-state index in [2.05, 4.69) is 23.1 Å². The van der Waals surface area contributed by atoms with Crippen LogP contribution < -0.4 is 16.6 Å². The first-order chi connectivity index (χ1) is 7.59. The van der Waals surface area contributed by atoms with Gasteiger partial charge in [-0.2, -0.15) is 0 Å². The number of nitrogens with two attached hydrogens (primary N) is 1. The molecule has 0 aliphatic heterocycles. The van der Waals surface area contributed by atoms with Crippen LogP contribution in [-0.2, 0) is 11.2 Å². The van der Waals surface area contributed by atoms with Gasteiger partial charge >= 0.3 is 0 Å². The molecule has 0 aliphatic carbocycles. The predicted molar refractivity (Wildman–Crippen MR) is 67.6 cm³/mol. The molecule has 0 unspecified atom stereocenters. The fourth-order valence-corrected chi connectivity index (χ4v) is 1.38. The molecule has 0 bridgehead atoms. The molecule has 0 aromatic heterocycles. The Morgan fingerprint density at radius 3 is 2.69 bits per heavy atom. The Morgan fingerprint density at radius 1 is 1.38 bits per heavy atom. The number of rotatable bonds is 3. The molecule has 1 aromatic rings. The van der Waals surface area contributed by atoms with Crippen LogP contribution >= 0.6 is 12.2 Å². The van der Waals surface area contributed by atoms with Gasteiger partial charge in [0.2, 0.25) is 5.91 Å². The van der Waals surface area contributed by atoms with Crippen molar-refractivity contribution in [3.8, 4) is 0 Å². The summed E-state index contributed by atoms with van der Waals surface area (Å²) >= 11 is 4.56. The van der Waals surface area contributed by atoms with Crippen molar-refractivity contribution in [2.45, 2.75) is 19.8 Å². The number of carbonyl (C=O) groups is 1. The molecule has 1 amide bonds. The highest BCUT2D eigenvalue weighted by Crippen LogP contribution is 2.08. The van der Waals surface area contributed by atoms with Gasteiger partial charge in [0, 0.05) is 6.42 Å². The molecule has 0 saturated carbocycles. The van der Waals surface area contributed by atoms with Crippen molar-refractivity contribution in [3.05, 3.63) is 35.4 Å². The lowest BCUT2D eigenvalue weighted by Gasteiger charge is -2.07. The van der Waals surface area contributed by atoms with E-state index in [-0.39, 0.29) is 11.0 Å². The van der Waals surface area contributed by atoms with E-state index in [4.69, 9.17) is 5.73 Å². The summed E-state index contributed by atoms with van der Waals surface area (Å²) in [5.74, 6) is -0.129. The summed E-state index contributed by atoms with van der Waals surface area (Å²) in [7, 11) is 0. The van der Waals surface area contributed by atoms with Gasteiger partial charge in [0.15, 0.2) is 5.11 Å². The monoisotopic (exact) mass is 237 g/mol. The quantitative estimate of drug-likeness (QED) is 0.537. The summed E-state index contributed by atoms with van der Waals surface area (Å²) in [6.45, 7) is 2.03. The summed E-state index contributed by atoms with van der Waals surface area (Å²) in [6, 6.07) is 7.99. The van der Waals surface area contributed by atoms with E-state index < -0.39 is 0 Å². The van der Waals surface area contributed by atoms with E-state index in [0.717, 1.165) is 0 Å². The maximum Gasteiger partial charge on any atom is 0.238 e. The average Bonchev–Trinajstić information content (AvgIpc) is 2.25. The van der Waals surface area contributed by atoms with Crippen LogP contribution in [0.15, 0.2) is 24.3 Å². The second-order valence-electron chi connectivity index (χ2n) is 3.46. The maximum atomic E-state index is 11.3. The zero-order chi connectivity index (χ0) is 12.0. The first-order valence-corrected chi connectivity index (χ1v) is 5.39. The van der Waals surface area contributed by atoms with Crippen LogP contribution in [0.25, 0.3) is 0 Å². The fourth-order valence-electron chi connectivity index (χ4n) is 1.33. The Kier molecular flexibility index (Phi) is 4.72. The minimum Gasteiger partial charge on any atom is -0.375 e. The molecule has 0 atom stereocenters. The lowest BCUT2D eigenvalue weighted by Crippen LogP contribution is -2.44. The summed E-state index contributed by atoms with van der Waals surface area (Å²) in [5, 5.41) is 0.0595. The van der Waals surface area contributed by atoms with Gasteiger partial charge in [-0.1, -0.05) is 24.3 Å². The first-order valence-electron chi connectivity index (χ1n) is 4.98. The molecule has 0 radical (unpaired) electrons. The Balaban J connectivity index is 2.37. The Bertz CT molecular complexity index is 393. The molecule has 4 N–H and O–H groups in total. The molecule has 5 heteroatoms. The largest absolute Gasteiger partial charge is 0.375 e. The zero-order valence-electron chi connectivity index (χ0n) is 9.12. The topological polar surface area (TPSA) is 67.2 Å². The highest BCUT2D eigenvalue weighted by atomic mass is 32.1. The molecule has 16 heavy (non-hydrogen) atoms. The molecule has 0 heterocycles. The summed E-state index contributed by atoms with van der Waals surface area (Å²) in [5.41, 5.74) is 12.4. The van der Waals surface area contributed by atoms with Crippen molar-refractivity contribution in [2.75, 3.05) is 0 Å². The molecule has 4 nitrogen and oxygen atoms in total. The van der Waals surface area contributed by atoms with Crippen LogP contribution in [0.2, 0.25) is 0 Å². The first kappa shape index (κ1) is 12.4. The molecular weight excluding hydrogens is 222 g/mol. The smallest absolute Gasteiger partial charge is 0.238 e. The molecule has 0 saturated heterocycles. The number of benzene rings is 1. The van der Waals surface area contributed by atoms with Crippen LogP contribution in [0.4, 0.5) is 0 Å². The van der Waals surface area contributed by atoms with Crippen molar-refractivity contribution in [1.29, 1.82) is 0 Å². The Labute approximate surface area is 100 Å². The van der Waals surface area contributed by atoms with E-state index in [0.29, 0.717) is 12.8 Å². The number of aryl methyl sites for hydroxylation is 2. The lowest BCUT2D eigenvalue weighted by atomic mass is 10.0. The Hall–Kier alpha value is -1.62. The van der Waals surface area contributed by atoms with Crippen molar-refractivity contribution in [1.82, 2.24) is 10.9 Å². The van der Waals surface area contributed by atoms with E-state index in [1.54, 1.807) is 0 Å². The highest BCUT2D eigenvalue weighted by Gasteiger charge is 2.03. The van der Waals surface area contributed by atoms with Gasteiger partial charge in [-0.3, -0.25) is 15.6 Å². The van der Waals surface area contributed by atoms with Crippen LogP contribution in [0, 0.1) is 6.92 Å². The van der Waals surface area contributed by atoms with Crippen LogP contribution in [0.5, 0.6) is 0 Å². The second kappa shape index (κ2) is 6.07. The zero-order valence-corrected chi connectivity index (χ0v) is 9.93. The van der Waals surface area contributed by atoms with Crippen LogP contribution in [0.1, 0.15) is 17.5 Å². The fraction of sp³-hybridized carbons (Fsp3) is 0.273.